The predicted molar refractivity (Wildman–Crippen MR) is 102 cm³/mol. The Balaban J connectivity index is 1.87. The number of amides is 1. The van der Waals surface area contributed by atoms with Gasteiger partial charge in [0.25, 0.3) is 5.91 Å². The molecule has 1 amide bonds. The Kier molecular flexibility index (Phi) is 5.83. The van der Waals surface area contributed by atoms with E-state index in [-0.39, 0.29) is 18.0 Å². The minimum atomic E-state index is -0.469. The molecule has 0 radical (unpaired) electrons. The highest BCUT2D eigenvalue weighted by Crippen LogP contribution is 2.19. The van der Waals surface area contributed by atoms with Gasteiger partial charge in [-0.15, -0.1) is 10.2 Å². The van der Waals surface area contributed by atoms with Gasteiger partial charge in [-0.1, -0.05) is 6.92 Å². The van der Waals surface area contributed by atoms with Crippen molar-refractivity contribution in [2.75, 3.05) is 14.2 Å². The maximum absolute atomic E-state index is 14.1. The molecule has 148 valence electrons. The first-order valence-electron chi connectivity index (χ1n) is 8.87. The Morgan fingerprint density at radius 3 is 2.72 bits per heavy atom. The van der Waals surface area contributed by atoms with Crippen molar-refractivity contribution in [3.8, 4) is 17.8 Å². The molecule has 0 unspecified atom stereocenters. The van der Waals surface area contributed by atoms with Gasteiger partial charge in [-0.25, -0.2) is 9.07 Å². The van der Waals surface area contributed by atoms with E-state index in [9.17, 15) is 9.18 Å². The summed E-state index contributed by atoms with van der Waals surface area (Å²) >= 11 is 0. The predicted octanol–water partition coefficient (Wildman–Crippen LogP) is 2.52. The van der Waals surface area contributed by atoms with Gasteiger partial charge in [0.1, 0.15) is 5.82 Å². The van der Waals surface area contributed by atoms with Crippen LogP contribution in [0.2, 0.25) is 0 Å². The van der Waals surface area contributed by atoms with E-state index < -0.39 is 5.82 Å². The van der Waals surface area contributed by atoms with Crippen LogP contribution in [0.25, 0.3) is 5.82 Å². The summed E-state index contributed by atoms with van der Waals surface area (Å²) in [6.07, 6.45) is 1.99. The fraction of sp³-hybridized carbons (Fsp3) is 0.250. The van der Waals surface area contributed by atoms with Crippen LogP contribution in [0, 0.1) is 17.1 Å². The summed E-state index contributed by atoms with van der Waals surface area (Å²) in [5.74, 6) is 0.0497. The third-order valence-electron chi connectivity index (χ3n) is 4.42. The van der Waals surface area contributed by atoms with Crippen LogP contribution in [0.3, 0.4) is 0 Å². The van der Waals surface area contributed by atoms with Crippen molar-refractivity contribution in [3.05, 3.63) is 64.7 Å². The number of hydrogen-bond acceptors (Lipinski definition) is 6. The van der Waals surface area contributed by atoms with Crippen molar-refractivity contribution in [2.45, 2.75) is 19.9 Å². The summed E-state index contributed by atoms with van der Waals surface area (Å²) in [7, 11) is 3.07. The number of rotatable bonds is 6. The third-order valence-corrected chi connectivity index (χ3v) is 4.42. The van der Waals surface area contributed by atoms with E-state index in [0.717, 1.165) is 0 Å². The molecular weight excluding hydrogens is 375 g/mol. The number of benzene rings is 1. The lowest BCUT2D eigenvalue weighted by molar-refractivity contribution is 0.0782. The van der Waals surface area contributed by atoms with Crippen LogP contribution in [0.5, 0.6) is 5.88 Å². The van der Waals surface area contributed by atoms with Crippen LogP contribution in [-0.2, 0) is 13.0 Å². The van der Waals surface area contributed by atoms with Gasteiger partial charge >= 0.3 is 0 Å². The first-order valence-corrected chi connectivity index (χ1v) is 8.87. The van der Waals surface area contributed by atoms with E-state index >= 15 is 0 Å². The van der Waals surface area contributed by atoms with E-state index in [0.29, 0.717) is 34.9 Å². The molecular formula is C20H19FN6O2. The zero-order valence-electron chi connectivity index (χ0n) is 16.3. The van der Waals surface area contributed by atoms with E-state index in [1.165, 1.54) is 36.4 Å². The maximum Gasteiger partial charge on any atom is 0.257 e. The molecule has 0 aliphatic rings. The molecule has 29 heavy (non-hydrogen) atoms. The number of hydrogen-bond donors (Lipinski definition) is 0. The molecule has 1 aromatic carbocycles. The van der Waals surface area contributed by atoms with Gasteiger partial charge in [0, 0.05) is 25.2 Å². The van der Waals surface area contributed by atoms with E-state index in [1.807, 2.05) is 13.0 Å². The molecule has 0 atom stereocenters. The molecule has 9 heteroatoms. The topological polar surface area (TPSA) is 96.9 Å². The van der Waals surface area contributed by atoms with Gasteiger partial charge < -0.3 is 9.64 Å². The summed E-state index contributed by atoms with van der Waals surface area (Å²) in [5.41, 5.74) is 1.66. The molecule has 8 nitrogen and oxygen atoms in total. The lowest BCUT2D eigenvalue weighted by Gasteiger charge is -2.18. The fourth-order valence-electron chi connectivity index (χ4n) is 2.92. The number of halogens is 1. The quantitative estimate of drug-likeness (QED) is 0.637. The lowest BCUT2D eigenvalue weighted by atomic mass is 10.1. The van der Waals surface area contributed by atoms with Crippen LogP contribution in [-0.4, -0.2) is 44.9 Å². The highest BCUT2D eigenvalue weighted by Gasteiger charge is 2.22. The highest BCUT2D eigenvalue weighted by molar-refractivity contribution is 5.95. The second kappa shape index (κ2) is 8.48. The molecule has 0 fully saturated rings. The number of aromatic nitrogens is 4. The van der Waals surface area contributed by atoms with Crippen molar-refractivity contribution in [3.63, 3.8) is 0 Å². The minimum Gasteiger partial charge on any atom is -0.480 e. The zero-order valence-corrected chi connectivity index (χ0v) is 16.3. The second-order valence-electron chi connectivity index (χ2n) is 6.28. The molecule has 0 N–H and O–H groups in total. The third kappa shape index (κ3) is 4.06. The monoisotopic (exact) mass is 394 g/mol. The van der Waals surface area contributed by atoms with E-state index in [1.54, 1.807) is 23.9 Å². The van der Waals surface area contributed by atoms with Crippen molar-refractivity contribution in [1.82, 2.24) is 24.9 Å². The number of nitrogens with zero attached hydrogens (tertiary/aromatic N) is 6. The second-order valence-corrected chi connectivity index (χ2v) is 6.28. The van der Waals surface area contributed by atoms with Crippen molar-refractivity contribution in [2.24, 2.45) is 0 Å². The molecule has 0 aliphatic carbocycles. The lowest BCUT2D eigenvalue weighted by Crippen LogP contribution is -2.27. The van der Waals surface area contributed by atoms with Crippen LogP contribution >= 0.6 is 0 Å². The van der Waals surface area contributed by atoms with Crippen LogP contribution in [0.1, 0.15) is 34.1 Å². The molecule has 0 saturated heterocycles. The van der Waals surface area contributed by atoms with Crippen molar-refractivity contribution in [1.29, 1.82) is 5.26 Å². The summed E-state index contributed by atoms with van der Waals surface area (Å²) in [6.45, 7) is 1.92. The number of carbonyl (C=O) groups excluding carboxylic acids is 1. The first kappa shape index (κ1) is 19.9. The number of methoxy groups -OCH3 is 1. The van der Waals surface area contributed by atoms with Gasteiger partial charge in [0.05, 0.1) is 36.2 Å². The number of nitriles is 1. The molecule has 3 aromatic rings. The molecule has 3 rings (SSSR count). The van der Waals surface area contributed by atoms with Gasteiger partial charge in [-0.2, -0.15) is 10.4 Å². The standard InChI is InChI=1S/C20H19FN6O2/c1-4-17-15(11-23-27(17)18-7-8-19(29-3)25-24-18)20(28)26(2)12-14-9-13(10-22)5-6-16(14)21/h5-9,11H,4,12H2,1-3H3. The van der Waals surface area contributed by atoms with Gasteiger partial charge in [-0.3, -0.25) is 4.79 Å². The normalized spacial score (nSPS) is 10.4. The molecule has 0 bridgehead atoms. The van der Waals surface area contributed by atoms with Crippen LogP contribution in [0.4, 0.5) is 4.39 Å². The Bertz CT molecular complexity index is 1070. The number of ether oxygens (including phenoxy) is 1. The van der Waals surface area contributed by atoms with Gasteiger partial charge in [0.15, 0.2) is 5.82 Å². The maximum atomic E-state index is 14.1. The van der Waals surface area contributed by atoms with Gasteiger partial charge in [0.2, 0.25) is 5.88 Å². The molecule has 0 spiro atoms. The van der Waals surface area contributed by atoms with Crippen molar-refractivity contribution < 1.29 is 13.9 Å². The summed E-state index contributed by atoms with van der Waals surface area (Å²) in [5, 5.41) is 21.3. The summed E-state index contributed by atoms with van der Waals surface area (Å²) in [6, 6.07) is 9.38. The smallest absolute Gasteiger partial charge is 0.257 e. The molecule has 0 saturated carbocycles. The fourth-order valence-corrected chi connectivity index (χ4v) is 2.92. The first-order chi connectivity index (χ1) is 14.0. The summed E-state index contributed by atoms with van der Waals surface area (Å²) in [4.78, 5) is 14.4. The van der Waals surface area contributed by atoms with E-state index in [2.05, 4.69) is 15.3 Å². The largest absolute Gasteiger partial charge is 0.480 e. The Morgan fingerprint density at radius 2 is 2.10 bits per heavy atom. The minimum absolute atomic E-state index is 0.0247. The SMILES string of the molecule is CCc1c(C(=O)N(C)Cc2cc(C#N)ccc2F)cnn1-c1ccc(OC)nn1. The van der Waals surface area contributed by atoms with Crippen molar-refractivity contribution >= 4 is 5.91 Å². The average Bonchev–Trinajstić information content (AvgIpc) is 3.18. The van der Waals surface area contributed by atoms with Crippen LogP contribution < -0.4 is 4.74 Å². The Labute approximate surface area is 167 Å². The highest BCUT2D eigenvalue weighted by atomic mass is 19.1. The Hall–Kier alpha value is -3.80. The van der Waals surface area contributed by atoms with E-state index in [4.69, 9.17) is 10.00 Å². The molecule has 2 aromatic heterocycles. The van der Waals surface area contributed by atoms with Crippen LogP contribution in [0.15, 0.2) is 36.5 Å². The Morgan fingerprint density at radius 1 is 1.31 bits per heavy atom. The molecule has 2 heterocycles. The summed E-state index contributed by atoms with van der Waals surface area (Å²) < 4.78 is 20.6. The zero-order chi connectivity index (χ0) is 21.0. The molecule has 0 aliphatic heterocycles. The number of carbonyl (C=O) groups is 1. The average molecular weight is 394 g/mol. The van der Waals surface area contributed by atoms with Gasteiger partial charge in [-0.05, 0) is 30.7 Å².